The summed E-state index contributed by atoms with van der Waals surface area (Å²) in [7, 11) is 0. The van der Waals surface area contributed by atoms with Gasteiger partial charge >= 0.3 is 0 Å². The first kappa shape index (κ1) is 16.0. The molecule has 0 aromatic heterocycles. The number of aliphatic imine (C=N–C) groups is 1. The van der Waals surface area contributed by atoms with E-state index in [4.69, 9.17) is 4.74 Å². The molecule has 1 aliphatic heterocycles. The predicted molar refractivity (Wildman–Crippen MR) is 87.5 cm³/mol. The summed E-state index contributed by atoms with van der Waals surface area (Å²) in [5.41, 5.74) is 2.93. The first-order valence-corrected chi connectivity index (χ1v) is 7.26. The quantitative estimate of drug-likeness (QED) is 0.576. The standard InChI is InChI=1S/C14H11NO.2C2H6/c1-10-11-6-2-4-8-13(11)16-14-9-5-3-7-12(14)15-10;2*1-2/h2-9H,1H3;2*1-2H3. The number of benzene rings is 2. The Morgan fingerprint density at radius 1 is 0.750 bits per heavy atom. The molecule has 0 bridgehead atoms. The highest BCUT2D eigenvalue weighted by Gasteiger charge is 2.13. The van der Waals surface area contributed by atoms with Gasteiger partial charge in [0.1, 0.15) is 11.4 Å². The van der Waals surface area contributed by atoms with Gasteiger partial charge in [-0.25, -0.2) is 4.99 Å². The summed E-state index contributed by atoms with van der Waals surface area (Å²) < 4.78 is 5.86. The molecule has 106 valence electrons. The van der Waals surface area contributed by atoms with Crippen LogP contribution in [-0.4, -0.2) is 5.71 Å². The molecule has 0 amide bonds. The topological polar surface area (TPSA) is 21.6 Å². The molecule has 0 fully saturated rings. The molecule has 20 heavy (non-hydrogen) atoms. The number of hydrogen-bond acceptors (Lipinski definition) is 2. The Labute approximate surface area is 122 Å². The minimum atomic E-state index is 0.812. The fourth-order valence-corrected chi connectivity index (χ4v) is 1.85. The van der Waals surface area contributed by atoms with Gasteiger partial charge in [-0.3, -0.25) is 0 Å². The lowest BCUT2D eigenvalue weighted by Crippen LogP contribution is -1.94. The van der Waals surface area contributed by atoms with Gasteiger partial charge in [0.2, 0.25) is 0 Å². The highest BCUT2D eigenvalue weighted by Crippen LogP contribution is 2.36. The summed E-state index contributed by atoms with van der Waals surface area (Å²) >= 11 is 0. The van der Waals surface area contributed by atoms with Crippen molar-refractivity contribution in [3.8, 4) is 11.5 Å². The maximum absolute atomic E-state index is 5.86. The average Bonchev–Trinajstić information content (AvgIpc) is 2.67. The van der Waals surface area contributed by atoms with E-state index in [9.17, 15) is 0 Å². The number of hydrogen-bond donors (Lipinski definition) is 0. The van der Waals surface area contributed by atoms with Gasteiger partial charge in [0.25, 0.3) is 0 Å². The Morgan fingerprint density at radius 2 is 1.30 bits per heavy atom. The van der Waals surface area contributed by atoms with Gasteiger partial charge in [-0.05, 0) is 31.2 Å². The first-order chi connectivity index (χ1) is 9.84. The second-order valence-corrected chi connectivity index (χ2v) is 3.76. The van der Waals surface area contributed by atoms with E-state index in [1.807, 2.05) is 83.1 Å². The smallest absolute Gasteiger partial charge is 0.153 e. The Morgan fingerprint density at radius 3 is 2.00 bits per heavy atom. The van der Waals surface area contributed by atoms with Crippen LogP contribution in [0.15, 0.2) is 53.5 Å². The number of rotatable bonds is 0. The minimum absolute atomic E-state index is 0.812. The number of fused-ring (bicyclic) bond motifs is 2. The molecule has 0 aliphatic carbocycles. The van der Waals surface area contributed by atoms with E-state index in [0.29, 0.717) is 0 Å². The van der Waals surface area contributed by atoms with Crippen LogP contribution in [0.1, 0.15) is 40.2 Å². The zero-order valence-corrected chi connectivity index (χ0v) is 13.0. The Hall–Kier alpha value is -2.09. The second kappa shape index (κ2) is 8.16. The van der Waals surface area contributed by atoms with Gasteiger partial charge in [0.15, 0.2) is 5.75 Å². The molecule has 0 unspecified atom stereocenters. The van der Waals surface area contributed by atoms with Crippen LogP contribution in [0, 0.1) is 0 Å². The van der Waals surface area contributed by atoms with E-state index >= 15 is 0 Å². The Kier molecular flexibility index (Phi) is 6.51. The highest BCUT2D eigenvalue weighted by molar-refractivity contribution is 6.03. The molecule has 2 nitrogen and oxygen atoms in total. The van der Waals surface area contributed by atoms with E-state index in [1.54, 1.807) is 0 Å². The zero-order valence-electron chi connectivity index (χ0n) is 13.0. The fraction of sp³-hybridized carbons (Fsp3) is 0.278. The van der Waals surface area contributed by atoms with Crippen LogP contribution in [0.5, 0.6) is 11.5 Å². The number of nitrogens with zero attached hydrogens (tertiary/aromatic N) is 1. The monoisotopic (exact) mass is 269 g/mol. The van der Waals surface area contributed by atoms with Crippen molar-refractivity contribution in [3.05, 3.63) is 54.1 Å². The molecule has 1 heterocycles. The van der Waals surface area contributed by atoms with Crippen molar-refractivity contribution < 1.29 is 4.74 Å². The molecule has 0 N–H and O–H groups in total. The summed E-state index contributed by atoms with van der Waals surface area (Å²) in [5, 5.41) is 0. The minimum Gasteiger partial charge on any atom is -0.454 e. The lowest BCUT2D eigenvalue weighted by atomic mass is 10.1. The van der Waals surface area contributed by atoms with Crippen molar-refractivity contribution in [1.82, 2.24) is 0 Å². The lowest BCUT2D eigenvalue weighted by Gasteiger charge is -2.07. The van der Waals surface area contributed by atoms with E-state index in [1.165, 1.54) is 0 Å². The summed E-state index contributed by atoms with van der Waals surface area (Å²) in [6.07, 6.45) is 0. The van der Waals surface area contributed by atoms with E-state index < -0.39 is 0 Å². The van der Waals surface area contributed by atoms with Crippen LogP contribution in [0.3, 0.4) is 0 Å². The maximum Gasteiger partial charge on any atom is 0.153 e. The summed E-state index contributed by atoms with van der Waals surface area (Å²) in [6.45, 7) is 10.0. The molecule has 0 spiro atoms. The average molecular weight is 269 g/mol. The Balaban J connectivity index is 0.000000461. The van der Waals surface area contributed by atoms with Crippen molar-refractivity contribution in [2.45, 2.75) is 34.6 Å². The van der Waals surface area contributed by atoms with Crippen molar-refractivity contribution in [1.29, 1.82) is 0 Å². The largest absolute Gasteiger partial charge is 0.454 e. The van der Waals surface area contributed by atoms with Crippen molar-refractivity contribution in [3.63, 3.8) is 0 Å². The highest BCUT2D eigenvalue weighted by atomic mass is 16.5. The normalized spacial score (nSPS) is 10.9. The summed E-state index contributed by atoms with van der Waals surface area (Å²) in [6, 6.07) is 15.8. The van der Waals surface area contributed by atoms with Crippen molar-refractivity contribution in [2.24, 2.45) is 4.99 Å². The molecule has 2 aromatic carbocycles. The van der Waals surface area contributed by atoms with Crippen LogP contribution in [0.2, 0.25) is 0 Å². The number of para-hydroxylation sites is 3. The molecular weight excluding hydrogens is 246 g/mol. The van der Waals surface area contributed by atoms with Gasteiger partial charge in [-0.1, -0.05) is 52.0 Å². The molecule has 2 aromatic rings. The number of ether oxygens (including phenoxy) is 1. The van der Waals surface area contributed by atoms with E-state index in [0.717, 1.165) is 28.5 Å². The van der Waals surface area contributed by atoms with Gasteiger partial charge in [-0.15, -0.1) is 0 Å². The van der Waals surface area contributed by atoms with Crippen LogP contribution < -0.4 is 4.74 Å². The lowest BCUT2D eigenvalue weighted by molar-refractivity contribution is 0.485. The molecule has 0 radical (unpaired) electrons. The third-order valence-electron chi connectivity index (χ3n) is 2.65. The van der Waals surface area contributed by atoms with E-state index in [2.05, 4.69) is 4.99 Å². The summed E-state index contributed by atoms with van der Waals surface area (Å²) in [5.74, 6) is 1.68. The molecule has 0 saturated heterocycles. The zero-order chi connectivity index (χ0) is 15.0. The SMILES string of the molecule is CC.CC.CC1=Nc2ccccc2Oc2ccccc21. The van der Waals surface area contributed by atoms with E-state index in [-0.39, 0.29) is 0 Å². The maximum atomic E-state index is 5.86. The van der Waals surface area contributed by atoms with Gasteiger partial charge in [0.05, 0.1) is 0 Å². The van der Waals surface area contributed by atoms with Crippen molar-refractivity contribution >= 4 is 11.4 Å². The molecule has 3 rings (SSSR count). The third kappa shape index (κ3) is 3.47. The first-order valence-electron chi connectivity index (χ1n) is 7.26. The van der Waals surface area contributed by atoms with Gasteiger partial charge < -0.3 is 4.74 Å². The second-order valence-electron chi connectivity index (χ2n) is 3.76. The molecule has 0 atom stereocenters. The third-order valence-corrected chi connectivity index (χ3v) is 2.65. The van der Waals surface area contributed by atoms with Crippen LogP contribution >= 0.6 is 0 Å². The molecule has 2 heteroatoms. The van der Waals surface area contributed by atoms with Crippen LogP contribution in [0.25, 0.3) is 0 Å². The summed E-state index contributed by atoms with van der Waals surface area (Å²) in [4.78, 5) is 4.57. The van der Waals surface area contributed by atoms with Crippen molar-refractivity contribution in [2.75, 3.05) is 0 Å². The van der Waals surface area contributed by atoms with Gasteiger partial charge in [0, 0.05) is 11.3 Å². The molecule has 1 aliphatic rings. The van der Waals surface area contributed by atoms with Crippen LogP contribution in [0.4, 0.5) is 5.69 Å². The fourth-order valence-electron chi connectivity index (χ4n) is 1.85. The van der Waals surface area contributed by atoms with Gasteiger partial charge in [-0.2, -0.15) is 0 Å². The Bertz CT molecular complexity index is 573. The molecule has 0 saturated carbocycles. The van der Waals surface area contributed by atoms with Crippen LogP contribution in [-0.2, 0) is 0 Å². The predicted octanol–water partition coefficient (Wildman–Crippen LogP) is 5.99. The molecular formula is C18H23NO.